The summed E-state index contributed by atoms with van der Waals surface area (Å²) >= 11 is 1.76. The first kappa shape index (κ1) is 8.89. The van der Waals surface area contributed by atoms with Crippen LogP contribution in [-0.4, -0.2) is 5.75 Å². The molecule has 1 aliphatic rings. The highest BCUT2D eigenvalue weighted by Gasteiger charge is 2.05. The van der Waals surface area contributed by atoms with Gasteiger partial charge in [-0.25, -0.2) is 0 Å². The summed E-state index contributed by atoms with van der Waals surface area (Å²) in [6.45, 7) is 6.09. The van der Waals surface area contributed by atoms with Crippen molar-refractivity contribution in [1.29, 1.82) is 0 Å². The van der Waals surface area contributed by atoms with Crippen LogP contribution in [0.4, 0.5) is 0 Å². The summed E-state index contributed by atoms with van der Waals surface area (Å²) in [6, 6.07) is 0. The van der Waals surface area contributed by atoms with Gasteiger partial charge in [0.05, 0.1) is 5.03 Å². The van der Waals surface area contributed by atoms with E-state index in [1.165, 1.54) is 17.7 Å². The van der Waals surface area contributed by atoms with Gasteiger partial charge in [0.1, 0.15) is 0 Å². The maximum absolute atomic E-state index is 5.52. The van der Waals surface area contributed by atoms with Crippen molar-refractivity contribution in [1.82, 2.24) is 0 Å². The Morgan fingerprint density at radius 3 is 2.11 bits per heavy atom. The van der Waals surface area contributed by atoms with Crippen molar-refractivity contribution in [3.05, 3.63) is 10.6 Å². The lowest BCUT2D eigenvalue weighted by Crippen LogP contribution is -1.88. The maximum Gasteiger partial charge on any atom is 0.0644 e. The zero-order valence-electron chi connectivity index (χ0n) is 6.40. The van der Waals surface area contributed by atoms with Crippen molar-refractivity contribution in [2.24, 2.45) is 5.73 Å². The Hall–Kier alpha value is -0.110. The molecule has 0 amide bonds. The first-order valence-electron chi connectivity index (χ1n) is 3.39. The fourth-order valence-corrected chi connectivity index (χ4v) is 1.54. The van der Waals surface area contributed by atoms with Crippen molar-refractivity contribution in [2.45, 2.75) is 27.2 Å². The van der Waals surface area contributed by atoms with Gasteiger partial charge in [0.15, 0.2) is 0 Å². The maximum atomic E-state index is 5.52. The van der Waals surface area contributed by atoms with Crippen LogP contribution in [0, 0.1) is 0 Å². The fourth-order valence-electron chi connectivity index (χ4n) is 0.560. The Bertz CT molecular complexity index is 95.5. The van der Waals surface area contributed by atoms with Gasteiger partial charge in [0.2, 0.25) is 0 Å². The van der Waals surface area contributed by atoms with Crippen LogP contribution in [0.15, 0.2) is 10.6 Å². The average Bonchev–Trinajstić information content (AvgIpc) is 2.23. The second-order valence-corrected chi connectivity index (χ2v) is 2.88. The molecule has 0 unspecified atom stereocenters. The summed E-state index contributed by atoms with van der Waals surface area (Å²) in [5.41, 5.74) is 6.89. The number of thioether (sulfide) groups is 1. The molecule has 1 aliphatic heterocycles. The summed E-state index contributed by atoms with van der Waals surface area (Å²) in [5.74, 6) is 1.19. The molecule has 9 heavy (non-hydrogen) atoms. The van der Waals surface area contributed by atoms with E-state index in [9.17, 15) is 0 Å². The van der Waals surface area contributed by atoms with Crippen molar-refractivity contribution in [3.8, 4) is 0 Å². The molecule has 0 aliphatic carbocycles. The molecule has 0 saturated carbocycles. The van der Waals surface area contributed by atoms with E-state index in [0.29, 0.717) is 0 Å². The van der Waals surface area contributed by atoms with Crippen molar-refractivity contribution in [3.63, 3.8) is 0 Å². The van der Waals surface area contributed by atoms with Gasteiger partial charge in [-0.15, -0.1) is 11.8 Å². The van der Waals surface area contributed by atoms with Gasteiger partial charge in [0, 0.05) is 5.75 Å². The molecule has 1 heterocycles. The molecule has 0 aromatic carbocycles. The fraction of sp³-hybridized carbons (Fsp3) is 0.714. The van der Waals surface area contributed by atoms with E-state index in [2.05, 4.69) is 6.92 Å². The predicted molar refractivity (Wildman–Crippen MR) is 45.3 cm³/mol. The van der Waals surface area contributed by atoms with Crippen LogP contribution in [-0.2, 0) is 0 Å². The molecule has 0 atom stereocenters. The molecule has 2 heteroatoms. The monoisotopic (exact) mass is 145 g/mol. The number of allylic oxidation sites excluding steroid dienone is 1. The number of hydrogen-bond acceptors (Lipinski definition) is 2. The Labute approximate surface area is 61.7 Å². The second-order valence-electron chi connectivity index (χ2n) is 1.74. The first-order chi connectivity index (χ1) is 4.30. The summed E-state index contributed by atoms with van der Waals surface area (Å²) in [6.07, 6.45) is 1.19. The van der Waals surface area contributed by atoms with Crippen molar-refractivity contribution >= 4 is 11.8 Å². The zero-order valence-corrected chi connectivity index (χ0v) is 7.22. The van der Waals surface area contributed by atoms with Gasteiger partial charge in [-0.1, -0.05) is 13.8 Å². The van der Waals surface area contributed by atoms with Crippen LogP contribution < -0.4 is 5.73 Å². The van der Waals surface area contributed by atoms with E-state index >= 15 is 0 Å². The van der Waals surface area contributed by atoms with E-state index < -0.39 is 0 Å². The summed E-state index contributed by atoms with van der Waals surface area (Å²) in [4.78, 5) is 0. The van der Waals surface area contributed by atoms with E-state index in [0.717, 1.165) is 5.03 Å². The first-order valence-corrected chi connectivity index (χ1v) is 4.37. The lowest BCUT2D eigenvalue weighted by atomic mass is 10.3. The van der Waals surface area contributed by atoms with Crippen LogP contribution in [0.5, 0.6) is 0 Å². The Balaban J connectivity index is 0.000000291. The topological polar surface area (TPSA) is 26.0 Å². The van der Waals surface area contributed by atoms with E-state index in [1.54, 1.807) is 11.8 Å². The highest BCUT2D eigenvalue weighted by atomic mass is 32.2. The molecule has 1 nitrogen and oxygen atoms in total. The molecular weight excluding hydrogens is 130 g/mol. The SMILES string of the molecule is CC.CC1=C(N)SCC1. The lowest BCUT2D eigenvalue weighted by Gasteiger charge is -1.87. The van der Waals surface area contributed by atoms with Crippen LogP contribution in [0.25, 0.3) is 0 Å². The quantitative estimate of drug-likeness (QED) is 0.566. The van der Waals surface area contributed by atoms with E-state index in [1.807, 2.05) is 13.8 Å². The third-order valence-electron chi connectivity index (χ3n) is 1.16. The minimum atomic E-state index is 1.04. The molecule has 1 rings (SSSR count). The highest BCUT2D eigenvalue weighted by molar-refractivity contribution is 8.03. The molecule has 2 N–H and O–H groups in total. The second kappa shape index (κ2) is 4.74. The zero-order chi connectivity index (χ0) is 7.28. The van der Waals surface area contributed by atoms with Crippen LogP contribution in [0.3, 0.4) is 0 Å². The molecule has 54 valence electrons. The smallest absolute Gasteiger partial charge is 0.0644 e. The van der Waals surface area contributed by atoms with Gasteiger partial charge in [-0.2, -0.15) is 0 Å². The summed E-state index contributed by atoms with van der Waals surface area (Å²) in [5, 5.41) is 1.04. The number of hydrogen-bond donors (Lipinski definition) is 1. The normalized spacial score (nSPS) is 17.2. The minimum absolute atomic E-state index is 1.04. The van der Waals surface area contributed by atoms with Gasteiger partial charge < -0.3 is 5.73 Å². The van der Waals surface area contributed by atoms with Crippen LogP contribution >= 0.6 is 11.8 Å². The van der Waals surface area contributed by atoms with Crippen molar-refractivity contribution < 1.29 is 0 Å². The number of rotatable bonds is 0. The molecule has 0 fully saturated rings. The van der Waals surface area contributed by atoms with Gasteiger partial charge in [0.25, 0.3) is 0 Å². The standard InChI is InChI=1S/C5H9NS.C2H6/c1-4-2-3-7-5(4)6;1-2/h2-3,6H2,1H3;1-2H3. The summed E-state index contributed by atoms with van der Waals surface area (Å²) in [7, 11) is 0. The van der Waals surface area contributed by atoms with E-state index in [4.69, 9.17) is 5.73 Å². The van der Waals surface area contributed by atoms with Crippen LogP contribution in [0.2, 0.25) is 0 Å². The van der Waals surface area contributed by atoms with Gasteiger partial charge in [-0.3, -0.25) is 0 Å². The molecule has 0 bridgehead atoms. The van der Waals surface area contributed by atoms with Crippen molar-refractivity contribution in [2.75, 3.05) is 5.75 Å². The molecule has 0 aromatic heterocycles. The third kappa shape index (κ3) is 2.80. The predicted octanol–water partition coefficient (Wildman–Crippen LogP) is 2.34. The largest absolute Gasteiger partial charge is 0.394 e. The molecule has 0 spiro atoms. The van der Waals surface area contributed by atoms with E-state index in [-0.39, 0.29) is 0 Å². The average molecular weight is 145 g/mol. The minimum Gasteiger partial charge on any atom is -0.394 e. The molecule has 0 radical (unpaired) electrons. The Morgan fingerprint density at radius 2 is 2.00 bits per heavy atom. The summed E-state index contributed by atoms with van der Waals surface area (Å²) < 4.78 is 0. The third-order valence-corrected chi connectivity index (χ3v) is 2.22. The Morgan fingerprint density at radius 1 is 1.44 bits per heavy atom. The van der Waals surface area contributed by atoms with Gasteiger partial charge >= 0.3 is 0 Å². The lowest BCUT2D eigenvalue weighted by molar-refractivity contribution is 1.13. The Kier molecular flexibility index (Phi) is 4.68. The van der Waals surface area contributed by atoms with Gasteiger partial charge in [-0.05, 0) is 18.9 Å². The molecule has 0 aromatic rings. The molecule has 0 saturated heterocycles. The number of nitrogens with two attached hydrogens (primary N) is 1. The molecular formula is C7H15NS. The highest BCUT2D eigenvalue weighted by Crippen LogP contribution is 2.25. The van der Waals surface area contributed by atoms with Crippen LogP contribution in [0.1, 0.15) is 27.2 Å².